The third kappa shape index (κ3) is 1.49. The summed E-state index contributed by atoms with van der Waals surface area (Å²) < 4.78 is 0.736. The molecule has 0 radical (unpaired) electrons. The molecule has 2 heteroatoms. The van der Waals surface area contributed by atoms with Gasteiger partial charge in [-0.3, -0.25) is 0 Å². The average Bonchev–Trinajstić information content (AvgIpc) is 1.88. The zero-order chi connectivity index (χ0) is 7.40. The van der Waals surface area contributed by atoms with Crippen LogP contribution < -0.4 is 4.73 Å². The van der Waals surface area contributed by atoms with Gasteiger partial charge in [0.2, 0.25) is 0 Å². The van der Waals surface area contributed by atoms with Gasteiger partial charge in [0, 0.05) is 6.07 Å². The van der Waals surface area contributed by atoms with E-state index in [1.807, 2.05) is 0 Å². The zero-order valence-corrected chi connectivity index (χ0v) is 5.66. The van der Waals surface area contributed by atoms with Crippen molar-refractivity contribution in [3.05, 3.63) is 35.3 Å². The van der Waals surface area contributed by atoms with E-state index in [0.717, 1.165) is 10.3 Å². The van der Waals surface area contributed by atoms with E-state index in [1.54, 1.807) is 19.1 Å². The van der Waals surface area contributed by atoms with Crippen molar-refractivity contribution < 1.29 is 4.73 Å². The van der Waals surface area contributed by atoms with Crippen molar-refractivity contribution >= 4 is 0 Å². The fraction of sp³-hybridized carbons (Fsp3) is 0.125. The van der Waals surface area contributed by atoms with Crippen LogP contribution in [-0.4, -0.2) is 0 Å². The van der Waals surface area contributed by atoms with Gasteiger partial charge in [0.25, 0.3) is 0 Å². The highest BCUT2D eigenvalue weighted by Crippen LogP contribution is 1.88. The molecule has 1 heterocycles. The summed E-state index contributed by atoms with van der Waals surface area (Å²) in [5.41, 5.74) is 0.750. The van der Waals surface area contributed by atoms with Gasteiger partial charge in [0.15, 0.2) is 12.4 Å². The standard InChI is InChI=1S/C8H7NO/c1-2-4-8-5-3-6-9(10)7-8/h3,5-7H,1H3. The first-order valence-corrected chi connectivity index (χ1v) is 2.94. The van der Waals surface area contributed by atoms with Crippen LogP contribution in [0.5, 0.6) is 0 Å². The molecule has 0 aliphatic carbocycles. The first-order valence-electron chi connectivity index (χ1n) is 2.94. The van der Waals surface area contributed by atoms with E-state index in [-0.39, 0.29) is 0 Å². The normalized spacial score (nSPS) is 8.10. The van der Waals surface area contributed by atoms with E-state index in [2.05, 4.69) is 11.8 Å². The monoisotopic (exact) mass is 133 g/mol. The molecule has 0 amide bonds. The largest absolute Gasteiger partial charge is 0.619 e. The maximum absolute atomic E-state index is 10.6. The third-order valence-electron chi connectivity index (χ3n) is 1.04. The Morgan fingerprint density at radius 2 is 2.40 bits per heavy atom. The minimum atomic E-state index is 0.736. The smallest absolute Gasteiger partial charge is 0.195 e. The fourth-order valence-corrected chi connectivity index (χ4v) is 0.673. The lowest BCUT2D eigenvalue weighted by molar-refractivity contribution is -0.605. The summed E-state index contributed by atoms with van der Waals surface area (Å²) in [6.07, 6.45) is 2.87. The molecule has 2 nitrogen and oxygen atoms in total. The maximum Gasteiger partial charge on any atom is 0.195 e. The van der Waals surface area contributed by atoms with Crippen LogP contribution in [0.4, 0.5) is 0 Å². The fourth-order valence-electron chi connectivity index (χ4n) is 0.673. The second-order valence-corrected chi connectivity index (χ2v) is 1.83. The van der Waals surface area contributed by atoms with Crippen LogP contribution in [0.3, 0.4) is 0 Å². The number of hydrogen-bond donors (Lipinski definition) is 0. The van der Waals surface area contributed by atoms with Crippen molar-refractivity contribution in [2.75, 3.05) is 0 Å². The molecule has 0 aliphatic rings. The Labute approximate surface area is 59.7 Å². The highest BCUT2D eigenvalue weighted by Gasteiger charge is 1.89. The predicted molar refractivity (Wildman–Crippen MR) is 38.0 cm³/mol. The molecule has 0 saturated heterocycles. The molecule has 0 aliphatic heterocycles. The molecule has 50 valence electrons. The molecule has 10 heavy (non-hydrogen) atoms. The lowest BCUT2D eigenvalue weighted by atomic mass is 10.3. The van der Waals surface area contributed by atoms with Crippen molar-refractivity contribution in [2.24, 2.45) is 0 Å². The molecule has 0 aromatic carbocycles. The Balaban J connectivity index is 3.03. The topological polar surface area (TPSA) is 26.9 Å². The number of hydrogen-bond acceptors (Lipinski definition) is 1. The van der Waals surface area contributed by atoms with Gasteiger partial charge in [0.05, 0.1) is 5.56 Å². The van der Waals surface area contributed by atoms with Crippen LogP contribution in [0.2, 0.25) is 0 Å². The van der Waals surface area contributed by atoms with E-state index in [0.29, 0.717) is 0 Å². The van der Waals surface area contributed by atoms with Crippen molar-refractivity contribution in [2.45, 2.75) is 6.92 Å². The van der Waals surface area contributed by atoms with Gasteiger partial charge in [-0.25, -0.2) is 0 Å². The summed E-state index contributed by atoms with van der Waals surface area (Å²) in [5, 5.41) is 10.6. The summed E-state index contributed by atoms with van der Waals surface area (Å²) in [4.78, 5) is 0. The number of nitrogens with zero attached hydrogens (tertiary/aromatic N) is 1. The lowest BCUT2D eigenvalue weighted by Crippen LogP contribution is -2.24. The van der Waals surface area contributed by atoms with Crippen LogP contribution in [0, 0.1) is 17.0 Å². The number of aromatic nitrogens is 1. The molecular formula is C8H7NO. The SMILES string of the molecule is CC#Cc1ccc[n+]([O-])c1. The maximum atomic E-state index is 10.6. The van der Waals surface area contributed by atoms with Crippen LogP contribution in [0.15, 0.2) is 24.5 Å². The Hall–Kier alpha value is -1.49. The van der Waals surface area contributed by atoms with Gasteiger partial charge >= 0.3 is 0 Å². The first kappa shape index (κ1) is 6.63. The van der Waals surface area contributed by atoms with Gasteiger partial charge < -0.3 is 5.21 Å². The third-order valence-corrected chi connectivity index (χ3v) is 1.04. The van der Waals surface area contributed by atoms with E-state index in [9.17, 15) is 5.21 Å². The lowest BCUT2D eigenvalue weighted by Gasteiger charge is -1.92. The van der Waals surface area contributed by atoms with Gasteiger partial charge in [-0.05, 0) is 13.0 Å². The molecule has 0 bridgehead atoms. The van der Waals surface area contributed by atoms with E-state index < -0.39 is 0 Å². The van der Waals surface area contributed by atoms with Gasteiger partial charge in [-0.15, -0.1) is 5.92 Å². The molecule has 1 aromatic heterocycles. The summed E-state index contributed by atoms with van der Waals surface area (Å²) in [5.74, 6) is 5.49. The Morgan fingerprint density at radius 3 is 3.00 bits per heavy atom. The minimum absolute atomic E-state index is 0.736. The predicted octanol–water partition coefficient (Wildman–Crippen LogP) is 0.691. The van der Waals surface area contributed by atoms with Crippen LogP contribution in [-0.2, 0) is 0 Å². The highest BCUT2D eigenvalue weighted by molar-refractivity contribution is 5.28. The van der Waals surface area contributed by atoms with Crippen LogP contribution >= 0.6 is 0 Å². The quantitative estimate of drug-likeness (QED) is 0.290. The Morgan fingerprint density at radius 1 is 1.60 bits per heavy atom. The molecule has 0 unspecified atom stereocenters. The molecule has 0 fully saturated rings. The first-order chi connectivity index (χ1) is 4.83. The average molecular weight is 133 g/mol. The van der Waals surface area contributed by atoms with Gasteiger partial charge in [-0.1, -0.05) is 5.92 Å². The Bertz CT molecular complexity index is 283. The summed E-state index contributed by atoms with van der Waals surface area (Å²) in [6, 6.07) is 3.47. The molecule has 0 N–H and O–H groups in total. The number of rotatable bonds is 0. The van der Waals surface area contributed by atoms with Crippen LogP contribution in [0.25, 0.3) is 0 Å². The highest BCUT2D eigenvalue weighted by atomic mass is 16.5. The molecule has 1 aromatic rings. The molecule has 1 rings (SSSR count). The van der Waals surface area contributed by atoms with E-state index in [4.69, 9.17) is 0 Å². The second kappa shape index (κ2) is 2.88. The minimum Gasteiger partial charge on any atom is -0.619 e. The summed E-state index contributed by atoms with van der Waals surface area (Å²) >= 11 is 0. The van der Waals surface area contributed by atoms with Gasteiger partial charge in [-0.2, -0.15) is 4.73 Å². The summed E-state index contributed by atoms with van der Waals surface area (Å²) in [6.45, 7) is 1.74. The second-order valence-electron chi connectivity index (χ2n) is 1.83. The van der Waals surface area contributed by atoms with Gasteiger partial charge in [0.1, 0.15) is 0 Å². The van der Waals surface area contributed by atoms with Crippen molar-refractivity contribution in [1.82, 2.24) is 0 Å². The van der Waals surface area contributed by atoms with Crippen molar-refractivity contribution in [3.8, 4) is 11.8 Å². The van der Waals surface area contributed by atoms with Crippen LogP contribution in [0.1, 0.15) is 12.5 Å². The molecule has 0 atom stereocenters. The number of pyridine rings is 1. The van der Waals surface area contributed by atoms with Crippen molar-refractivity contribution in [3.63, 3.8) is 0 Å². The summed E-state index contributed by atoms with van der Waals surface area (Å²) in [7, 11) is 0. The van der Waals surface area contributed by atoms with Crippen molar-refractivity contribution in [1.29, 1.82) is 0 Å². The molecule has 0 spiro atoms. The molecular weight excluding hydrogens is 126 g/mol. The van der Waals surface area contributed by atoms with E-state index in [1.165, 1.54) is 12.4 Å². The van der Waals surface area contributed by atoms with E-state index >= 15 is 0 Å². The molecule has 0 saturated carbocycles. The zero-order valence-electron chi connectivity index (χ0n) is 5.66. The Kier molecular flexibility index (Phi) is 1.91.